The predicted octanol–water partition coefficient (Wildman–Crippen LogP) is 4.26. The minimum absolute atomic E-state index is 0.0363. The van der Waals surface area contributed by atoms with E-state index in [4.69, 9.17) is 27.9 Å². The van der Waals surface area contributed by atoms with E-state index in [1.54, 1.807) is 43.5 Å². The summed E-state index contributed by atoms with van der Waals surface area (Å²) in [5, 5.41) is 2.45. The molecule has 2 heterocycles. The Morgan fingerprint density at radius 3 is 2.34 bits per heavy atom. The fourth-order valence-electron chi connectivity index (χ4n) is 4.20. The maximum absolute atomic E-state index is 13.0. The molecular weight excluding hydrogens is 573 g/mol. The number of thioether (sulfide) groups is 1. The van der Waals surface area contributed by atoms with Gasteiger partial charge in [-0.05, 0) is 60.5 Å². The smallest absolute Gasteiger partial charge is 0.293 e. The highest BCUT2D eigenvalue weighted by atomic mass is 35.5. The zero-order valence-electron chi connectivity index (χ0n) is 20.4. The van der Waals surface area contributed by atoms with E-state index in [2.05, 4.69) is 5.32 Å². The number of piperidine rings is 1. The molecule has 0 saturated carbocycles. The number of carbonyl (C=O) groups is 3. The number of sulfonamides is 1. The lowest BCUT2D eigenvalue weighted by molar-refractivity contribution is -0.127. The maximum Gasteiger partial charge on any atom is 0.293 e. The van der Waals surface area contributed by atoms with Crippen LogP contribution in [0.2, 0.25) is 10.0 Å². The fraction of sp³-hybridized carbons (Fsp3) is 0.320. The molecule has 0 radical (unpaired) electrons. The summed E-state index contributed by atoms with van der Waals surface area (Å²) in [6.07, 6.45) is 2.28. The minimum atomic E-state index is -3.90. The van der Waals surface area contributed by atoms with Gasteiger partial charge in [0.1, 0.15) is 10.6 Å². The Kier molecular flexibility index (Phi) is 9.04. The standard InChI is InChI=1S/C25H25Cl2N3O6S2/c1-36-18-7-5-16(6-8-18)15-21-24(32)30(25(33)37-21)14-11-28-23(31)17-9-12-29(13-10-17)38(34,35)22-19(26)3-2-4-20(22)27/h2-8,15,17H,9-14H2,1H3,(H,28,31). The van der Waals surface area contributed by atoms with Gasteiger partial charge >= 0.3 is 0 Å². The lowest BCUT2D eigenvalue weighted by Crippen LogP contribution is -2.44. The molecule has 1 N–H and O–H groups in total. The molecule has 9 nitrogen and oxygen atoms in total. The molecule has 0 atom stereocenters. The van der Waals surface area contributed by atoms with E-state index < -0.39 is 27.1 Å². The number of imide groups is 1. The molecule has 0 bridgehead atoms. The van der Waals surface area contributed by atoms with E-state index >= 15 is 0 Å². The SMILES string of the molecule is COc1ccc(C=C2SC(=O)N(CCNC(=O)C3CCN(S(=O)(=O)c4c(Cl)cccc4Cl)CC3)C2=O)cc1. The Balaban J connectivity index is 1.27. The number of amides is 3. The number of hydrogen-bond acceptors (Lipinski definition) is 7. The van der Waals surface area contributed by atoms with Crippen molar-refractivity contribution < 1.29 is 27.5 Å². The van der Waals surface area contributed by atoms with Gasteiger partial charge in [0.2, 0.25) is 15.9 Å². The van der Waals surface area contributed by atoms with Gasteiger partial charge in [0.05, 0.1) is 22.1 Å². The lowest BCUT2D eigenvalue weighted by atomic mass is 9.97. The van der Waals surface area contributed by atoms with Crippen LogP contribution in [0.15, 0.2) is 52.3 Å². The van der Waals surface area contributed by atoms with Gasteiger partial charge in [-0.25, -0.2) is 8.42 Å². The molecular formula is C25H25Cl2N3O6S2. The first kappa shape index (κ1) is 28.4. The van der Waals surface area contributed by atoms with Crippen LogP contribution >= 0.6 is 35.0 Å². The van der Waals surface area contributed by atoms with Crippen LogP contribution in [0.5, 0.6) is 5.75 Å². The van der Waals surface area contributed by atoms with Gasteiger partial charge in [-0.15, -0.1) is 0 Å². The summed E-state index contributed by atoms with van der Waals surface area (Å²) in [5.41, 5.74) is 0.759. The molecule has 0 unspecified atom stereocenters. The van der Waals surface area contributed by atoms with Crippen molar-refractivity contribution in [3.8, 4) is 5.75 Å². The highest BCUT2D eigenvalue weighted by molar-refractivity contribution is 8.18. The van der Waals surface area contributed by atoms with Gasteiger partial charge in [0, 0.05) is 32.1 Å². The first-order valence-corrected chi connectivity index (χ1v) is 14.7. The largest absolute Gasteiger partial charge is 0.497 e. The Bertz CT molecular complexity index is 1350. The third-order valence-corrected chi connectivity index (χ3v) is 10.0. The highest BCUT2D eigenvalue weighted by Gasteiger charge is 2.36. The maximum atomic E-state index is 13.0. The van der Waals surface area contributed by atoms with Crippen LogP contribution in [0.3, 0.4) is 0 Å². The summed E-state index contributed by atoms with van der Waals surface area (Å²) >= 11 is 13.0. The van der Waals surface area contributed by atoms with Crippen molar-refractivity contribution in [1.82, 2.24) is 14.5 Å². The van der Waals surface area contributed by atoms with E-state index in [0.29, 0.717) is 23.5 Å². The summed E-state index contributed by atoms with van der Waals surface area (Å²) in [5.74, 6) is -0.378. The first-order valence-electron chi connectivity index (χ1n) is 11.7. The Hall–Kier alpha value is -2.57. The topological polar surface area (TPSA) is 113 Å². The number of carbonyl (C=O) groups excluding carboxylic acids is 3. The molecule has 0 aliphatic carbocycles. The Labute approximate surface area is 235 Å². The number of hydrogen-bond donors (Lipinski definition) is 1. The van der Waals surface area contributed by atoms with Gasteiger partial charge in [-0.3, -0.25) is 19.3 Å². The van der Waals surface area contributed by atoms with Crippen LogP contribution in [-0.4, -0.2) is 68.0 Å². The van der Waals surface area contributed by atoms with Crippen molar-refractivity contribution in [2.45, 2.75) is 17.7 Å². The molecule has 2 aliphatic heterocycles. The molecule has 4 rings (SSSR count). The number of rotatable bonds is 8. The second kappa shape index (κ2) is 12.1. The molecule has 2 saturated heterocycles. The highest BCUT2D eigenvalue weighted by Crippen LogP contribution is 2.34. The Morgan fingerprint density at radius 1 is 1.11 bits per heavy atom. The summed E-state index contributed by atoms with van der Waals surface area (Å²) in [6.45, 7) is 0.414. The average molecular weight is 599 g/mol. The molecule has 0 aromatic heterocycles. The monoisotopic (exact) mass is 597 g/mol. The van der Waals surface area contributed by atoms with Crippen LogP contribution in [0.4, 0.5) is 4.79 Å². The van der Waals surface area contributed by atoms with Gasteiger partial charge < -0.3 is 10.1 Å². The van der Waals surface area contributed by atoms with Crippen molar-refractivity contribution in [2.75, 3.05) is 33.3 Å². The number of halogens is 2. The van der Waals surface area contributed by atoms with Crippen LogP contribution in [0.1, 0.15) is 18.4 Å². The molecule has 0 spiro atoms. The van der Waals surface area contributed by atoms with Crippen LogP contribution < -0.4 is 10.1 Å². The summed E-state index contributed by atoms with van der Waals surface area (Å²) in [4.78, 5) is 39.0. The van der Waals surface area contributed by atoms with Crippen LogP contribution in [0, 0.1) is 5.92 Å². The molecule has 3 amide bonds. The number of ether oxygens (including phenoxy) is 1. The number of nitrogens with zero attached hydrogens (tertiary/aromatic N) is 2. The Morgan fingerprint density at radius 2 is 1.74 bits per heavy atom. The zero-order chi connectivity index (χ0) is 27.4. The summed E-state index contributed by atoms with van der Waals surface area (Å²) < 4.78 is 32.5. The van der Waals surface area contributed by atoms with Crippen molar-refractivity contribution in [1.29, 1.82) is 0 Å². The number of methoxy groups -OCH3 is 1. The third-order valence-electron chi connectivity index (χ3n) is 6.26. The van der Waals surface area contributed by atoms with E-state index in [1.807, 2.05) is 0 Å². The average Bonchev–Trinajstić information content (AvgIpc) is 3.16. The number of benzene rings is 2. The van der Waals surface area contributed by atoms with Crippen LogP contribution in [-0.2, 0) is 19.6 Å². The van der Waals surface area contributed by atoms with Gasteiger partial charge in [0.15, 0.2) is 0 Å². The number of nitrogens with one attached hydrogen (secondary N) is 1. The minimum Gasteiger partial charge on any atom is -0.497 e. The quantitative estimate of drug-likeness (QED) is 0.452. The normalized spacial score (nSPS) is 18.3. The second-order valence-corrected chi connectivity index (χ2v) is 12.3. The molecule has 2 aromatic carbocycles. The second-order valence-electron chi connectivity index (χ2n) is 8.63. The van der Waals surface area contributed by atoms with E-state index in [1.165, 1.54) is 16.4 Å². The predicted molar refractivity (Wildman–Crippen MR) is 147 cm³/mol. The molecule has 202 valence electrons. The molecule has 2 aliphatic rings. The van der Waals surface area contributed by atoms with Gasteiger partial charge in [-0.1, -0.05) is 41.4 Å². The van der Waals surface area contributed by atoms with Crippen molar-refractivity contribution in [3.63, 3.8) is 0 Å². The van der Waals surface area contributed by atoms with Gasteiger partial charge in [-0.2, -0.15) is 4.31 Å². The zero-order valence-corrected chi connectivity index (χ0v) is 23.5. The molecule has 38 heavy (non-hydrogen) atoms. The van der Waals surface area contributed by atoms with E-state index in [9.17, 15) is 22.8 Å². The van der Waals surface area contributed by atoms with E-state index in [0.717, 1.165) is 22.2 Å². The lowest BCUT2D eigenvalue weighted by Gasteiger charge is -2.31. The fourth-order valence-corrected chi connectivity index (χ4v) is 7.62. The molecule has 13 heteroatoms. The van der Waals surface area contributed by atoms with Crippen LogP contribution in [0.25, 0.3) is 6.08 Å². The first-order chi connectivity index (χ1) is 18.1. The van der Waals surface area contributed by atoms with Crippen molar-refractivity contribution in [3.05, 3.63) is 63.0 Å². The van der Waals surface area contributed by atoms with Crippen molar-refractivity contribution >= 4 is 68.1 Å². The van der Waals surface area contributed by atoms with Crippen molar-refractivity contribution in [2.24, 2.45) is 5.92 Å². The summed E-state index contributed by atoms with van der Waals surface area (Å²) in [6, 6.07) is 11.6. The van der Waals surface area contributed by atoms with E-state index in [-0.39, 0.29) is 47.0 Å². The van der Waals surface area contributed by atoms with Gasteiger partial charge in [0.25, 0.3) is 11.1 Å². The molecule has 2 aromatic rings. The third kappa shape index (κ3) is 6.18. The molecule has 2 fully saturated rings. The summed E-state index contributed by atoms with van der Waals surface area (Å²) in [7, 11) is -2.34.